The van der Waals surface area contributed by atoms with Crippen molar-refractivity contribution >= 4 is 12.0 Å². The van der Waals surface area contributed by atoms with Crippen LogP contribution >= 0.6 is 0 Å². The summed E-state index contributed by atoms with van der Waals surface area (Å²) in [6.07, 6.45) is -1.11. The van der Waals surface area contributed by atoms with E-state index in [0.29, 0.717) is 5.69 Å². The molecule has 0 aliphatic carbocycles. The molecule has 1 amide bonds. The fraction of sp³-hybridized carbons (Fsp3) is 0.125. The van der Waals surface area contributed by atoms with E-state index >= 15 is 0 Å². The molecule has 0 bridgehead atoms. The number of amides is 1. The zero-order valence-corrected chi connectivity index (χ0v) is 11.5. The number of halogens is 3. The van der Waals surface area contributed by atoms with Crippen LogP contribution < -0.4 is 5.32 Å². The molecule has 1 aromatic carbocycles. The lowest BCUT2D eigenvalue weighted by atomic mass is 10.1. The number of aromatic nitrogens is 1. The first-order valence-corrected chi connectivity index (χ1v) is 6.43. The largest absolute Gasteiger partial charge is 0.405 e. The summed E-state index contributed by atoms with van der Waals surface area (Å²) < 4.78 is 36.2. The van der Waals surface area contributed by atoms with Crippen LogP contribution in [0.15, 0.2) is 49.2 Å². The number of benzene rings is 1. The normalized spacial score (nSPS) is 11.0. The second kappa shape index (κ2) is 6.43. The molecule has 0 aliphatic heterocycles. The molecule has 0 saturated heterocycles. The van der Waals surface area contributed by atoms with Gasteiger partial charge in [0.15, 0.2) is 0 Å². The van der Waals surface area contributed by atoms with Crippen LogP contribution in [0, 0.1) is 0 Å². The van der Waals surface area contributed by atoms with Gasteiger partial charge in [-0.15, -0.1) is 0 Å². The van der Waals surface area contributed by atoms with Gasteiger partial charge in [0.25, 0.3) is 5.91 Å². The quantitative estimate of drug-likeness (QED) is 0.936. The van der Waals surface area contributed by atoms with Crippen molar-refractivity contribution in [3.05, 3.63) is 60.3 Å². The summed E-state index contributed by atoms with van der Waals surface area (Å²) in [5.41, 5.74) is 2.51. The number of hydrogen-bond acceptors (Lipinski definition) is 2. The van der Waals surface area contributed by atoms with Gasteiger partial charge in [-0.2, -0.15) is 13.2 Å². The molecular formula is C16H13F3N2O. The minimum absolute atomic E-state index is 0.160. The molecule has 0 spiro atoms. The number of rotatable bonds is 4. The average Bonchev–Trinajstić information content (AvgIpc) is 2.52. The molecule has 6 heteroatoms. The number of hydrogen-bond donors (Lipinski definition) is 1. The summed E-state index contributed by atoms with van der Waals surface area (Å²) in [7, 11) is 0. The molecule has 0 atom stereocenters. The molecular weight excluding hydrogens is 293 g/mol. The van der Waals surface area contributed by atoms with E-state index in [4.69, 9.17) is 0 Å². The Balaban J connectivity index is 2.12. The van der Waals surface area contributed by atoms with Gasteiger partial charge in [-0.1, -0.05) is 24.8 Å². The predicted molar refractivity (Wildman–Crippen MR) is 78.2 cm³/mol. The SMILES string of the molecule is C=Cc1ccnc(-c2ccc(C(=O)NCC(F)(F)F)cc2)c1. The highest BCUT2D eigenvalue weighted by Gasteiger charge is 2.27. The molecule has 22 heavy (non-hydrogen) atoms. The van der Waals surface area contributed by atoms with E-state index in [1.54, 1.807) is 30.5 Å². The zero-order chi connectivity index (χ0) is 16.2. The Kier molecular flexibility index (Phi) is 4.60. The number of nitrogens with one attached hydrogen (secondary N) is 1. The third-order valence-electron chi connectivity index (χ3n) is 2.91. The first kappa shape index (κ1) is 15.8. The molecule has 0 fully saturated rings. The maximum absolute atomic E-state index is 12.1. The molecule has 1 heterocycles. The van der Waals surface area contributed by atoms with Crippen molar-refractivity contribution < 1.29 is 18.0 Å². The van der Waals surface area contributed by atoms with Gasteiger partial charge in [0, 0.05) is 17.3 Å². The van der Waals surface area contributed by atoms with Crippen molar-refractivity contribution in [1.29, 1.82) is 0 Å². The van der Waals surface area contributed by atoms with Gasteiger partial charge in [-0.25, -0.2) is 0 Å². The van der Waals surface area contributed by atoms with Crippen LogP contribution in [0.5, 0.6) is 0 Å². The molecule has 0 saturated carbocycles. The lowest BCUT2D eigenvalue weighted by Crippen LogP contribution is -2.33. The van der Waals surface area contributed by atoms with Crippen molar-refractivity contribution in [2.45, 2.75) is 6.18 Å². The number of carbonyl (C=O) groups is 1. The van der Waals surface area contributed by atoms with Crippen LogP contribution in [0.3, 0.4) is 0 Å². The van der Waals surface area contributed by atoms with Crippen molar-refractivity contribution in [3.63, 3.8) is 0 Å². The summed E-state index contributed by atoms with van der Waals surface area (Å²) in [6, 6.07) is 9.82. The van der Waals surface area contributed by atoms with Gasteiger partial charge < -0.3 is 5.32 Å². The van der Waals surface area contributed by atoms with Crippen LogP contribution in [-0.4, -0.2) is 23.6 Å². The monoisotopic (exact) mass is 306 g/mol. The fourth-order valence-corrected chi connectivity index (χ4v) is 1.81. The molecule has 114 valence electrons. The van der Waals surface area contributed by atoms with Crippen LogP contribution in [0.2, 0.25) is 0 Å². The predicted octanol–water partition coefficient (Wildman–Crippen LogP) is 3.68. The summed E-state index contributed by atoms with van der Waals surface area (Å²) in [6.45, 7) is 2.32. The first-order chi connectivity index (χ1) is 10.4. The Labute approximate surface area is 125 Å². The fourth-order valence-electron chi connectivity index (χ4n) is 1.81. The Morgan fingerprint density at radius 2 is 1.91 bits per heavy atom. The number of carbonyl (C=O) groups excluding carboxylic acids is 1. The molecule has 2 rings (SSSR count). The highest BCUT2D eigenvalue weighted by molar-refractivity contribution is 5.94. The first-order valence-electron chi connectivity index (χ1n) is 6.43. The standard InChI is InChI=1S/C16H13F3N2O/c1-2-11-7-8-20-14(9-11)12-3-5-13(6-4-12)15(22)21-10-16(17,18)19/h2-9H,1,10H2,(H,21,22). The Morgan fingerprint density at radius 1 is 1.23 bits per heavy atom. The number of pyridine rings is 1. The van der Waals surface area contributed by atoms with E-state index in [1.807, 2.05) is 11.4 Å². The highest BCUT2D eigenvalue weighted by atomic mass is 19.4. The Hall–Kier alpha value is -2.63. The van der Waals surface area contributed by atoms with E-state index < -0.39 is 18.6 Å². The minimum Gasteiger partial charge on any atom is -0.343 e. The lowest BCUT2D eigenvalue weighted by Gasteiger charge is -2.09. The van der Waals surface area contributed by atoms with Gasteiger partial charge in [0.1, 0.15) is 6.54 Å². The maximum atomic E-state index is 12.1. The van der Waals surface area contributed by atoms with Crippen LogP contribution in [0.4, 0.5) is 13.2 Å². The van der Waals surface area contributed by atoms with Gasteiger partial charge in [-0.3, -0.25) is 9.78 Å². The van der Waals surface area contributed by atoms with E-state index in [1.165, 1.54) is 12.1 Å². The van der Waals surface area contributed by atoms with Crippen molar-refractivity contribution in [2.75, 3.05) is 6.54 Å². The molecule has 0 aliphatic rings. The Morgan fingerprint density at radius 3 is 2.50 bits per heavy atom. The third kappa shape index (κ3) is 4.18. The van der Waals surface area contributed by atoms with E-state index in [-0.39, 0.29) is 5.56 Å². The van der Waals surface area contributed by atoms with Gasteiger partial charge in [0.2, 0.25) is 0 Å². The topological polar surface area (TPSA) is 42.0 Å². The van der Waals surface area contributed by atoms with Crippen LogP contribution in [-0.2, 0) is 0 Å². The average molecular weight is 306 g/mol. The van der Waals surface area contributed by atoms with E-state index in [2.05, 4.69) is 11.6 Å². The number of nitrogens with zero attached hydrogens (tertiary/aromatic N) is 1. The smallest absolute Gasteiger partial charge is 0.343 e. The summed E-state index contributed by atoms with van der Waals surface area (Å²) in [5.74, 6) is -0.767. The molecule has 0 unspecified atom stereocenters. The second-order valence-electron chi connectivity index (χ2n) is 4.55. The van der Waals surface area contributed by atoms with Gasteiger partial charge in [0.05, 0.1) is 5.69 Å². The molecule has 3 nitrogen and oxygen atoms in total. The summed E-state index contributed by atoms with van der Waals surface area (Å²) in [5, 5.41) is 1.82. The van der Waals surface area contributed by atoms with Gasteiger partial charge in [-0.05, 0) is 29.8 Å². The molecule has 2 aromatic rings. The Bertz CT molecular complexity index is 679. The van der Waals surface area contributed by atoms with Gasteiger partial charge >= 0.3 is 6.18 Å². The zero-order valence-electron chi connectivity index (χ0n) is 11.5. The lowest BCUT2D eigenvalue weighted by molar-refractivity contribution is -0.123. The third-order valence-corrected chi connectivity index (χ3v) is 2.91. The summed E-state index contributed by atoms with van der Waals surface area (Å²) in [4.78, 5) is 15.8. The highest BCUT2D eigenvalue weighted by Crippen LogP contribution is 2.19. The van der Waals surface area contributed by atoms with E-state index in [9.17, 15) is 18.0 Å². The van der Waals surface area contributed by atoms with Crippen LogP contribution in [0.1, 0.15) is 15.9 Å². The van der Waals surface area contributed by atoms with Crippen LogP contribution in [0.25, 0.3) is 17.3 Å². The number of alkyl halides is 3. The van der Waals surface area contributed by atoms with Crippen molar-refractivity contribution in [1.82, 2.24) is 10.3 Å². The molecule has 1 N–H and O–H groups in total. The van der Waals surface area contributed by atoms with Crippen molar-refractivity contribution in [2.24, 2.45) is 0 Å². The molecule has 0 radical (unpaired) electrons. The minimum atomic E-state index is -4.43. The van der Waals surface area contributed by atoms with Crippen molar-refractivity contribution in [3.8, 4) is 11.3 Å². The van der Waals surface area contributed by atoms with E-state index in [0.717, 1.165) is 11.1 Å². The summed E-state index contributed by atoms with van der Waals surface area (Å²) >= 11 is 0. The maximum Gasteiger partial charge on any atom is 0.405 e. The molecule has 1 aromatic heterocycles. The second-order valence-corrected chi connectivity index (χ2v) is 4.55.